The van der Waals surface area contributed by atoms with Gasteiger partial charge in [0.05, 0.1) is 18.2 Å². The van der Waals surface area contributed by atoms with E-state index in [1.165, 1.54) is 0 Å². The second kappa shape index (κ2) is 5.52. The van der Waals surface area contributed by atoms with Crippen molar-refractivity contribution in [1.82, 2.24) is 5.32 Å². The summed E-state index contributed by atoms with van der Waals surface area (Å²) in [5.74, 6) is 1.87. The Hall–Kier alpha value is -2.05. The molecule has 1 aromatic heterocycles. The average Bonchev–Trinajstić information content (AvgIpc) is 2.82. The number of nitrogens with one attached hydrogen (secondary N) is 1. The number of nitrogens with zero attached hydrogens (tertiary/aromatic N) is 1. The van der Waals surface area contributed by atoms with Crippen molar-refractivity contribution in [1.29, 1.82) is 5.26 Å². The van der Waals surface area contributed by atoms with Crippen LogP contribution in [0.5, 0.6) is 0 Å². The van der Waals surface area contributed by atoms with E-state index in [1.54, 1.807) is 0 Å². The van der Waals surface area contributed by atoms with E-state index in [1.807, 2.05) is 43.3 Å². The Labute approximate surface area is 107 Å². The molecule has 1 heterocycles. The summed E-state index contributed by atoms with van der Waals surface area (Å²) in [6, 6.07) is 13.9. The second-order valence-corrected chi connectivity index (χ2v) is 4.35. The first kappa shape index (κ1) is 12.4. The maximum atomic E-state index is 8.74. The lowest BCUT2D eigenvalue weighted by Gasteiger charge is -2.13. The summed E-state index contributed by atoms with van der Waals surface area (Å²) in [6.45, 7) is 4.74. The third kappa shape index (κ3) is 2.99. The molecule has 1 N–H and O–H groups in total. The highest BCUT2D eigenvalue weighted by molar-refractivity contribution is 5.32. The Morgan fingerprint density at radius 1 is 1.22 bits per heavy atom. The molecule has 0 aliphatic rings. The quantitative estimate of drug-likeness (QED) is 0.891. The Balaban J connectivity index is 1.95. The van der Waals surface area contributed by atoms with Gasteiger partial charge in [-0.15, -0.1) is 0 Å². The van der Waals surface area contributed by atoms with Crippen LogP contribution in [0.3, 0.4) is 0 Å². The maximum Gasteiger partial charge on any atom is 0.117 e. The van der Waals surface area contributed by atoms with Crippen LogP contribution in [0.25, 0.3) is 0 Å². The Kier molecular flexibility index (Phi) is 3.81. The van der Waals surface area contributed by atoms with Crippen LogP contribution < -0.4 is 5.32 Å². The van der Waals surface area contributed by atoms with Gasteiger partial charge in [0.2, 0.25) is 0 Å². The van der Waals surface area contributed by atoms with E-state index in [0.29, 0.717) is 12.1 Å². The number of hydrogen-bond donors (Lipinski definition) is 1. The first-order chi connectivity index (χ1) is 8.69. The highest BCUT2D eigenvalue weighted by atomic mass is 16.3. The third-order valence-electron chi connectivity index (χ3n) is 2.92. The van der Waals surface area contributed by atoms with Gasteiger partial charge in [-0.05, 0) is 43.7 Å². The Morgan fingerprint density at radius 2 is 1.94 bits per heavy atom. The summed E-state index contributed by atoms with van der Waals surface area (Å²) < 4.78 is 5.50. The minimum Gasteiger partial charge on any atom is -0.465 e. The van der Waals surface area contributed by atoms with E-state index in [2.05, 4.69) is 18.3 Å². The number of rotatable bonds is 4. The summed E-state index contributed by atoms with van der Waals surface area (Å²) in [6.07, 6.45) is 0. The number of aryl methyl sites for hydroxylation is 1. The minimum atomic E-state index is 0.225. The van der Waals surface area contributed by atoms with E-state index in [4.69, 9.17) is 9.68 Å². The number of hydrogen-bond acceptors (Lipinski definition) is 3. The molecule has 1 atom stereocenters. The van der Waals surface area contributed by atoms with Crippen LogP contribution in [0.2, 0.25) is 0 Å². The SMILES string of the molecule is Cc1ccc(CNC(C)c2ccc(C#N)cc2)o1. The van der Waals surface area contributed by atoms with E-state index in [0.717, 1.165) is 17.1 Å². The maximum absolute atomic E-state index is 8.74. The molecule has 1 unspecified atom stereocenters. The van der Waals surface area contributed by atoms with Crippen molar-refractivity contribution in [2.45, 2.75) is 26.4 Å². The summed E-state index contributed by atoms with van der Waals surface area (Å²) >= 11 is 0. The molecule has 92 valence electrons. The molecule has 2 aromatic rings. The van der Waals surface area contributed by atoms with Crippen LogP contribution >= 0.6 is 0 Å². The lowest BCUT2D eigenvalue weighted by atomic mass is 10.1. The smallest absolute Gasteiger partial charge is 0.117 e. The molecule has 0 bridgehead atoms. The fourth-order valence-corrected chi connectivity index (χ4v) is 1.80. The van der Waals surface area contributed by atoms with Crippen molar-refractivity contribution >= 4 is 0 Å². The monoisotopic (exact) mass is 240 g/mol. The van der Waals surface area contributed by atoms with Crippen molar-refractivity contribution in [3.8, 4) is 6.07 Å². The molecule has 0 radical (unpaired) electrons. The predicted octanol–water partition coefficient (Wildman–Crippen LogP) is 3.31. The highest BCUT2D eigenvalue weighted by Crippen LogP contribution is 2.14. The molecule has 0 saturated carbocycles. The zero-order chi connectivity index (χ0) is 13.0. The van der Waals surface area contributed by atoms with Crippen LogP contribution in [0, 0.1) is 18.3 Å². The zero-order valence-electron chi connectivity index (χ0n) is 10.6. The average molecular weight is 240 g/mol. The first-order valence-electron chi connectivity index (χ1n) is 5.98. The summed E-state index contributed by atoms with van der Waals surface area (Å²) in [4.78, 5) is 0. The molecule has 0 amide bonds. The predicted molar refractivity (Wildman–Crippen MR) is 69.9 cm³/mol. The standard InChI is InChI=1S/C15H16N2O/c1-11-3-8-15(18-11)10-17-12(2)14-6-4-13(9-16)5-7-14/h3-8,12,17H,10H2,1-2H3. The summed E-state index contributed by atoms with van der Waals surface area (Å²) in [5.41, 5.74) is 1.85. The Morgan fingerprint density at radius 3 is 2.50 bits per heavy atom. The largest absolute Gasteiger partial charge is 0.465 e. The fraction of sp³-hybridized carbons (Fsp3) is 0.267. The van der Waals surface area contributed by atoms with Gasteiger partial charge in [0.1, 0.15) is 11.5 Å². The molecule has 0 aliphatic carbocycles. The van der Waals surface area contributed by atoms with Crippen molar-refractivity contribution in [2.75, 3.05) is 0 Å². The third-order valence-corrected chi connectivity index (χ3v) is 2.92. The molecular formula is C15H16N2O. The van der Waals surface area contributed by atoms with Crippen molar-refractivity contribution in [3.05, 3.63) is 59.0 Å². The van der Waals surface area contributed by atoms with Crippen LogP contribution in [0.1, 0.15) is 35.6 Å². The normalized spacial score (nSPS) is 12.1. The van der Waals surface area contributed by atoms with E-state index >= 15 is 0 Å². The van der Waals surface area contributed by atoms with Gasteiger partial charge >= 0.3 is 0 Å². The lowest BCUT2D eigenvalue weighted by molar-refractivity contribution is 0.444. The molecule has 2 rings (SSSR count). The van der Waals surface area contributed by atoms with E-state index in [-0.39, 0.29) is 6.04 Å². The van der Waals surface area contributed by atoms with Gasteiger partial charge in [-0.25, -0.2) is 0 Å². The van der Waals surface area contributed by atoms with Gasteiger partial charge < -0.3 is 9.73 Å². The zero-order valence-corrected chi connectivity index (χ0v) is 10.6. The molecule has 0 saturated heterocycles. The van der Waals surface area contributed by atoms with E-state index < -0.39 is 0 Å². The van der Waals surface area contributed by atoms with Gasteiger partial charge in [0.25, 0.3) is 0 Å². The van der Waals surface area contributed by atoms with Crippen molar-refractivity contribution in [3.63, 3.8) is 0 Å². The fourth-order valence-electron chi connectivity index (χ4n) is 1.80. The van der Waals surface area contributed by atoms with Crippen molar-refractivity contribution in [2.24, 2.45) is 0 Å². The Bertz CT molecular complexity index is 549. The second-order valence-electron chi connectivity index (χ2n) is 4.35. The molecule has 0 aliphatic heterocycles. The lowest BCUT2D eigenvalue weighted by Crippen LogP contribution is -2.17. The summed E-state index contributed by atoms with van der Waals surface area (Å²) in [7, 11) is 0. The van der Waals surface area contributed by atoms with Crippen molar-refractivity contribution < 1.29 is 4.42 Å². The molecule has 0 fully saturated rings. The number of benzene rings is 1. The van der Waals surface area contributed by atoms with Crippen LogP contribution in [-0.2, 0) is 6.54 Å². The molecule has 3 heteroatoms. The van der Waals surface area contributed by atoms with Crippen LogP contribution in [-0.4, -0.2) is 0 Å². The highest BCUT2D eigenvalue weighted by Gasteiger charge is 2.06. The minimum absolute atomic E-state index is 0.225. The molecule has 1 aromatic carbocycles. The van der Waals surface area contributed by atoms with Crippen LogP contribution in [0.15, 0.2) is 40.8 Å². The van der Waals surface area contributed by atoms with Gasteiger partial charge in [-0.1, -0.05) is 12.1 Å². The van der Waals surface area contributed by atoms with Gasteiger partial charge in [-0.3, -0.25) is 0 Å². The van der Waals surface area contributed by atoms with E-state index in [9.17, 15) is 0 Å². The number of nitriles is 1. The van der Waals surface area contributed by atoms with Crippen LogP contribution in [0.4, 0.5) is 0 Å². The number of furan rings is 1. The van der Waals surface area contributed by atoms with Gasteiger partial charge in [0.15, 0.2) is 0 Å². The molecule has 18 heavy (non-hydrogen) atoms. The molecule has 0 spiro atoms. The van der Waals surface area contributed by atoms with Gasteiger partial charge in [-0.2, -0.15) is 5.26 Å². The first-order valence-corrected chi connectivity index (χ1v) is 5.98. The topological polar surface area (TPSA) is 49.0 Å². The summed E-state index contributed by atoms with van der Waals surface area (Å²) in [5, 5.41) is 12.1. The molecule has 3 nitrogen and oxygen atoms in total. The van der Waals surface area contributed by atoms with Gasteiger partial charge in [0, 0.05) is 6.04 Å². The molecular weight excluding hydrogens is 224 g/mol.